The van der Waals surface area contributed by atoms with Crippen molar-refractivity contribution in [2.24, 2.45) is 29.4 Å². The van der Waals surface area contributed by atoms with Gasteiger partial charge < -0.3 is 16.2 Å². The number of nitrogens with one attached hydrogen (secondary N) is 1. The molecular weight excluding hydrogens is 400 g/mol. The van der Waals surface area contributed by atoms with Gasteiger partial charge in [0.05, 0.1) is 17.4 Å². The third kappa shape index (κ3) is 2.88. The summed E-state index contributed by atoms with van der Waals surface area (Å²) in [6, 6.07) is 8.04. The molecule has 0 saturated heterocycles. The lowest BCUT2D eigenvalue weighted by molar-refractivity contribution is -0.151. The van der Waals surface area contributed by atoms with Crippen LogP contribution in [0.2, 0.25) is 0 Å². The molecule has 1 heterocycles. The molecule has 0 radical (unpaired) electrons. The number of fused-ring (bicyclic) bond motifs is 5. The number of carboxylic acid groups (broad SMARTS) is 1. The molecule has 1 aromatic carbocycles. The number of aryl methyl sites for hydroxylation is 1. The Balaban J connectivity index is 1.52. The summed E-state index contributed by atoms with van der Waals surface area (Å²) in [4.78, 5) is 38.4. The number of nitrogens with two attached hydrogens (primary N) is 1. The van der Waals surface area contributed by atoms with Crippen molar-refractivity contribution in [3.05, 3.63) is 53.1 Å². The Labute approximate surface area is 177 Å². The van der Waals surface area contributed by atoms with Crippen molar-refractivity contribution in [1.82, 2.24) is 0 Å². The molecule has 0 aliphatic heterocycles. The SMILES string of the molecule is NC(=O)c1c(NC(=O)[C@H]2[C@@H](C(=O)O)[C@H]3C=C[C@@H]2CC3)sc2c1CCc1ccccc1-2. The van der Waals surface area contributed by atoms with Gasteiger partial charge in [-0.3, -0.25) is 14.4 Å². The Kier molecular flexibility index (Phi) is 4.50. The summed E-state index contributed by atoms with van der Waals surface area (Å²) in [6.45, 7) is 0. The highest BCUT2D eigenvalue weighted by molar-refractivity contribution is 7.20. The minimum atomic E-state index is -0.941. The third-order valence-electron chi connectivity index (χ3n) is 6.73. The van der Waals surface area contributed by atoms with Crippen LogP contribution in [0.4, 0.5) is 5.00 Å². The Morgan fingerprint density at radius 3 is 2.40 bits per heavy atom. The number of carbonyl (C=O) groups is 3. The van der Waals surface area contributed by atoms with Crippen LogP contribution >= 0.6 is 11.3 Å². The standard InChI is InChI=1S/C23H22N2O4S/c24-20(26)18-15-10-9-11-3-1-2-4-14(11)19(15)30-22(18)25-21(27)16-12-5-7-13(8-6-12)17(16)23(28)29/h1-5,7,12-13,16-17H,6,8-10H2,(H2,24,26)(H,25,27)(H,28,29)/t12-,13+,16-,17+/m1/s1. The Morgan fingerprint density at radius 2 is 1.73 bits per heavy atom. The van der Waals surface area contributed by atoms with Gasteiger partial charge in [-0.2, -0.15) is 0 Å². The molecule has 4 aliphatic carbocycles. The molecule has 1 saturated carbocycles. The van der Waals surface area contributed by atoms with Gasteiger partial charge in [0, 0.05) is 4.88 Å². The normalized spacial score (nSPS) is 26.0. The quantitative estimate of drug-likeness (QED) is 0.656. The van der Waals surface area contributed by atoms with Crippen molar-refractivity contribution in [1.29, 1.82) is 0 Å². The van der Waals surface area contributed by atoms with Crippen LogP contribution in [0.5, 0.6) is 0 Å². The second kappa shape index (κ2) is 7.09. The minimum absolute atomic E-state index is 0.0940. The number of rotatable bonds is 4. The van der Waals surface area contributed by atoms with E-state index < -0.39 is 23.7 Å². The van der Waals surface area contributed by atoms with E-state index in [-0.39, 0.29) is 17.7 Å². The Bertz CT molecular complexity index is 1100. The van der Waals surface area contributed by atoms with Crippen LogP contribution < -0.4 is 11.1 Å². The molecule has 1 aromatic heterocycles. The van der Waals surface area contributed by atoms with E-state index in [1.165, 1.54) is 16.9 Å². The number of amides is 2. The highest BCUT2D eigenvalue weighted by Crippen LogP contribution is 2.48. The van der Waals surface area contributed by atoms with Crippen molar-refractivity contribution >= 4 is 34.1 Å². The van der Waals surface area contributed by atoms with Gasteiger partial charge in [-0.05, 0) is 54.2 Å². The average molecular weight is 423 g/mol. The van der Waals surface area contributed by atoms with E-state index in [2.05, 4.69) is 11.4 Å². The number of thiophene rings is 1. The van der Waals surface area contributed by atoms with Crippen molar-refractivity contribution in [2.75, 3.05) is 5.32 Å². The van der Waals surface area contributed by atoms with Crippen LogP contribution in [0, 0.1) is 23.7 Å². The van der Waals surface area contributed by atoms with Crippen molar-refractivity contribution in [2.45, 2.75) is 25.7 Å². The maximum atomic E-state index is 13.3. The number of benzene rings is 1. The van der Waals surface area contributed by atoms with Crippen molar-refractivity contribution < 1.29 is 19.5 Å². The molecule has 4 atom stereocenters. The van der Waals surface area contributed by atoms with Crippen LogP contribution in [0.1, 0.15) is 34.3 Å². The fraction of sp³-hybridized carbons (Fsp3) is 0.348. The van der Waals surface area contributed by atoms with Gasteiger partial charge in [0.2, 0.25) is 5.91 Å². The number of carbonyl (C=O) groups excluding carboxylic acids is 2. The van der Waals surface area contributed by atoms with Gasteiger partial charge in [0.1, 0.15) is 5.00 Å². The number of anilines is 1. The predicted octanol–water partition coefficient (Wildman–Crippen LogP) is 3.46. The lowest BCUT2D eigenvalue weighted by Gasteiger charge is -2.41. The molecule has 4 aliphatic rings. The summed E-state index contributed by atoms with van der Waals surface area (Å²) in [6.07, 6.45) is 7.00. The summed E-state index contributed by atoms with van der Waals surface area (Å²) in [5, 5.41) is 13.1. The molecular formula is C23H22N2O4S. The van der Waals surface area contributed by atoms with E-state index in [1.807, 2.05) is 30.4 Å². The van der Waals surface area contributed by atoms with Crippen LogP contribution in [0.15, 0.2) is 36.4 Å². The zero-order valence-electron chi connectivity index (χ0n) is 16.3. The van der Waals surface area contributed by atoms with E-state index >= 15 is 0 Å². The molecule has 6 rings (SSSR count). The molecule has 4 N–H and O–H groups in total. The third-order valence-corrected chi connectivity index (χ3v) is 7.91. The van der Waals surface area contributed by atoms with Gasteiger partial charge in [-0.1, -0.05) is 36.4 Å². The maximum Gasteiger partial charge on any atom is 0.307 e. The van der Waals surface area contributed by atoms with Gasteiger partial charge in [-0.15, -0.1) is 11.3 Å². The predicted molar refractivity (Wildman–Crippen MR) is 114 cm³/mol. The summed E-state index contributed by atoms with van der Waals surface area (Å²) >= 11 is 1.36. The topological polar surface area (TPSA) is 109 Å². The van der Waals surface area contributed by atoms with E-state index in [4.69, 9.17) is 5.73 Å². The van der Waals surface area contributed by atoms with Crippen LogP contribution in [-0.2, 0) is 22.4 Å². The second-order valence-corrected chi connectivity index (χ2v) is 9.32. The fourth-order valence-electron chi connectivity index (χ4n) is 5.37. The molecule has 2 aromatic rings. The summed E-state index contributed by atoms with van der Waals surface area (Å²) in [7, 11) is 0. The highest BCUT2D eigenvalue weighted by atomic mass is 32.1. The van der Waals surface area contributed by atoms with Crippen molar-refractivity contribution in [3.63, 3.8) is 0 Å². The molecule has 0 unspecified atom stereocenters. The number of aliphatic carboxylic acids is 1. The first kappa shape index (κ1) is 19.1. The average Bonchev–Trinajstić information content (AvgIpc) is 3.12. The van der Waals surface area contributed by atoms with E-state index in [9.17, 15) is 19.5 Å². The largest absolute Gasteiger partial charge is 0.481 e. The summed E-state index contributed by atoms with van der Waals surface area (Å²) in [5.41, 5.74) is 9.22. The number of hydrogen-bond acceptors (Lipinski definition) is 4. The molecule has 6 nitrogen and oxygen atoms in total. The lowest BCUT2D eigenvalue weighted by atomic mass is 9.62. The first-order valence-electron chi connectivity index (χ1n) is 10.2. The van der Waals surface area contributed by atoms with E-state index in [0.29, 0.717) is 17.0 Å². The summed E-state index contributed by atoms with van der Waals surface area (Å²) in [5.74, 6) is -3.44. The van der Waals surface area contributed by atoms with Crippen molar-refractivity contribution in [3.8, 4) is 10.4 Å². The molecule has 2 amide bonds. The Morgan fingerprint density at radius 1 is 1.03 bits per heavy atom. The smallest absolute Gasteiger partial charge is 0.307 e. The van der Waals surface area contributed by atoms with Crippen LogP contribution in [-0.4, -0.2) is 22.9 Å². The highest BCUT2D eigenvalue weighted by Gasteiger charge is 2.48. The second-order valence-electron chi connectivity index (χ2n) is 8.30. The number of hydrogen-bond donors (Lipinski definition) is 3. The first-order valence-corrected chi connectivity index (χ1v) is 11.0. The monoisotopic (exact) mass is 422 g/mol. The molecule has 30 heavy (non-hydrogen) atoms. The lowest BCUT2D eigenvalue weighted by Crippen LogP contribution is -2.47. The van der Waals surface area contributed by atoms with E-state index in [1.54, 1.807) is 0 Å². The number of carboxylic acids is 1. The molecule has 1 fully saturated rings. The zero-order valence-corrected chi connectivity index (χ0v) is 17.1. The molecule has 7 heteroatoms. The molecule has 0 spiro atoms. The molecule has 2 bridgehead atoms. The maximum absolute atomic E-state index is 13.3. The van der Waals surface area contributed by atoms with Gasteiger partial charge >= 0.3 is 5.97 Å². The van der Waals surface area contributed by atoms with Gasteiger partial charge in [-0.25, -0.2) is 0 Å². The zero-order chi connectivity index (χ0) is 21.0. The van der Waals surface area contributed by atoms with E-state index in [0.717, 1.165) is 35.3 Å². The minimum Gasteiger partial charge on any atom is -0.481 e. The Hall–Kier alpha value is -2.93. The van der Waals surface area contributed by atoms with Crippen LogP contribution in [0.25, 0.3) is 10.4 Å². The van der Waals surface area contributed by atoms with Gasteiger partial charge in [0.15, 0.2) is 0 Å². The number of allylic oxidation sites excluding steroid dienone is 2. The summed E-state index contributed by atoms with van der Waals surface area (Å²) < 4.78 is 0. The fourth-order valence-corrected chi connectivity index (χ4v) is 6.69. The number of primary amides is 1. The first-order chi connectivity index (χ1) is 14.5. The molecule has 154 valence electrons. The van der Waals surface area contributed by atoms with Crippen LogP contribution in [0.3, 0.4) is 0 Å². The van der Waals surface area contributed by atoms with Gasteiger partial charge in [0.25, 0.3) is 5.91 Å².